The van der Waals surface area contributed by atoms with E-state index in [1.807, 2.05) is 0 Å². The van der Waals surface area contributed by atoms with E-state index in [0.717, 1.165) is 0 Å². The van der Waals surface area contributed by atoms with Crippen LogP contribution in [0.15, 0.2) is 18.3 Å². The molecule has 1 amide bonds. The lowest BCUT2D eigenvalue weighted by Crippen LogP contribution is -2.51. The summed E-state index contributed by atoms with van der Waals surface area (Å²) in [5, 5.41) is 13.6. The summed E-state index contributed by atoms with van der Waals surface area (Å²) in [7, 11) is 0. The molecule has 1 aliphatic rings. The van der Waals surface area contributed by atoms with Crippen molar-refractivity contribution in [1.29, 1.82) is 0 Å². The van der Waals surface area contributed by atoms with Gasteiger partial charge in [-0.1, -0.05) is 5.21 Å². The Balaban J connectivity index is 1.87. The third kappa shape index (κ3) is 3.92. The van der Waals surface area contributed by atoms with Gasteiger partial charge in [-0.25, -0.2) is 13.5 Å². The molecule has 3 atom stereocenters. The van der Waals surface area contributed by atoms with Crippen LogP contribution in [0.1, 0.15) is 49.2 Å². The van der Waals surface area contributed by atoms with Crippen LogP contribution in [-0.4, -0.2) is 27.1 Å². The van der Waals surface area contributed by atoms with Gasteiger partial charge in [-0.15, -0.1) is 5.10 Å². The average Bonchev–Trinajstić information content (AvgIpc) is 3.04. The third-order valence-corrected chi connectivity index (χ3v) is 4.34. The molecule has 1 aromatic heterocycles. The number of halogens is 5. The van der Waals surface area contributed by atoms with Crippen molar-refractivity contribution in [3.8, 4) is 0 Å². The molecule has 1 saturated heterocycles. The van der Waals surface area contributed by atoms with Gasteiger partial charge in [0.2, 0.25) is 5.91 Å². The maximum atomic E-state index is 14.2. The van der Waals surface area contributed by atoms with E-state index in [4.69, 9.17) is 0 Å². The van der Waals surface area contributed by atoms with Crippen molar-refractivity contribution < 1.29 is 26.7 Å². The highest BCUT2D eigenvalue weighted by Gasteiger charge is 2.36. The molecule has 3 unspecified atom stereocenters. The summed E-state index contributed by atoms with van der Waals surface area (Å²) in [6.45, 7) is 3.20. The van der Waals surface area contributed by atoms with Gasteiger partial charge in [-0.2, -0.15) is 13.2 Å². The molecule has 27 heavy (non-hydrogen) atoms. The van der Waals surface area contributed by atoms with E-state index >= 15 is 0 Å². The maximum Gasteiger partial charge on any atom is 0.419 e. The molecule has 2 aromatic rings. The largest absolute Gasteiger partial charge is 0.419 e. The van der Waals surface area contributed by atoms with Crippen molar-refractivity contribution in [1.82, 2.24) is 25.6 Å². The number of carbonyl (C=O) groups is 1. The Morgan fingerprint density at radius 3 is 2.59 bits per heavy atom. The smallest absolute Gasteiger partial charge is 0.341 e. The SMILES string of the molecule is CC1NC(=O)CC(c2cn(C(C)c3cc(F)c(C(F)(F)F)cc3F)nn2)N1. The zero-order valence-electron chi connectivity index (χ0n) is 14.3. The molecule has 1 aliphatic heterocycles. The van der Waals surface area contributed by atoms with E-state index in [-0.39, 0.29) is 30.1 Å². The van der Waals surface area contributed by atoms with Crippen LogP contribution in [0.25, 0.3) is 0 Å². The first-order valence-electron chi connectivity index (χ1n) is 8.09. The molecular weight excluding hydrogens is 373 g/mol. The van der Waals surface area contributed by atoms with Crippen LogP contribution in [0.2, 0.25) is 0 Å². The predicted molar refractivity (Wildman–Crippen MR) is 83.3 cm³/mol. The number of nitrogens with zero attached hydrogens (tertiary/aromatic N) is 3. The molecule has 3 rings (SSSR count). The summed E-state index contributed by atoms with van der Waals surface area (Å²) >= 11 is 0. The molecule has 146 valence electrons. The molecule has 0 spiro atoms. The second kappa shape index (κ2) is 6.87. The fraction of sp³-hybridized carbons (Fsp3) is 0.438. The Morgan fingerprint density at radius 2 is 1.96 bits per heavy atom. The Hall–Kier alpha value is -2.56. The molecule has 0 radical (unpaired) electrons. The van der Waals surface area contributed by atoms with E-state index < -0.39 is 35.5 Å². The van der Waals surface area contributed by atoms with Crippen molar-refractivity contribution in [3.63, 3.8) is 0 Å². The van der Waals surface area contributed by atoms with Gasteiger partial charge in [0.05, 0.1) is 30.0 Å². The molecule has 2 N–H and O–H groups in total. The molecule has 0 saturated carbocycles. The van der Waals surface area contributed by atoms with E-state index in [2.05, 4.69) is 20.9 Å². The molecule has 0 bridgehead atoms. The average molecular weight is 389 g/mol. The Kier molecular flexibility index (Phi) is 4.89. The third-order valence-electron chi connectivity index (χ3n) is 4.34. The van der Waals surface area contributed by atoms with Gasteiger partial charge in [-0.3, -0.25) is 10.1 Å². The minimum absolute atomic E-state index is 0.126. The van der Waals surface area contributed by atoms with Gasteiger partial charge in [0.25, 0.3) is 0 Å². The maximum absolute atomic E-state index is 14.2. The monoisotopic (exact) mass is 389 g/mol. The molecular formula is C16H16F5N5O. The number of hydrogen-bond acceptors (Lipinski definition) is 4. The quantitative estimate of drug-likeness (QED) is 0.792. The van der Waals surface area contributed by atoms with Crippen LogP contribution in [-0.2, 0) is 11.0 Å². The minimum atomic E-state index is -4.99. The topological polar surface area (TPSA) is 71.8 Å². The first-order chi connectivity index (χ1) is 12.6. The number of alkyl halides is 3. The number of nitrogens with one attached hydrogen (secondary N) is 2. The lowest BCUT2D eigenvalue weighted by molar-refractivity contribution is -0.140. The second-order valence-corrected chi connectivity index (χ2v) is 6.36. The van der Waals surface area contributed by atoms with E-state index in [1.54, 1.807) is 6.92 Å². The number of hydrogen-bond donors (Lipinski definition) is 2. The molecule has 11 heteroatoms. The van der Waals surface area contributed by atoms with E-state index in [1.165, 1.54) is 17.8 Å². The molecule has 2 heterocycles. The number of rotatable bonds is 3. The van der Waals surface area contributed by atoms with Gasteiger partial charge >= 0.3 is 6.18 Å². The van der Waals surface area contributed by atoms with Crippen LogP contribution >= 0.6 is 0 Å². The fourth-order valence-electron chi connectivity index (χ4n) is 2.96. The van der Waals surface area contributed by atoms with Crippen LogP contribution in [0.3, 0.4) is 0 Å². The first-order valence-corrected chi connectivity index (χ1v) is 8.09. The highest BCUT2D eigenvalue weighted by atomic mass is 19.4. The fourth-order valence-corrected chi connectivity index (χ4v) is 2.96. The molecule has 6 nitrogen and oxygen atoms in total. The van der Waals surface area contributed by atoms with Gasteiger partial charge in [0.1, 0.15) is 17.3 Å². The Morgan fingerprint density at radius 1 is 1.26 bits per heavy atom. The first kappa shape index (κ1) is 19.2. The zero-order valence-corrected chi connectivity index (χ0v) is 14.3. The molecule has 1 aromatic carbocycles. The Labute approximate surface area is 150 Å². The summed E-state index contributed by atoms with van der Waals surface area (Å²) in [5.74, 6) is -2.94. The van der Waals surface area contributed by atoms with Crippen LogP contribution in [0.5, 0.6) is 0 Å². The Bertz CT molecular complexity index is 865. The lowest BCUT2D eigenvalue weighted by Gasteiger charge is -2.27. The standard InChI is InChI=1S/C16H16F5N5O/c1-7(9-3-12(18)10(4-11(9)17)16(19,20)21)26-6-14(24-25-26)13-5-15(27)23-8(2)22-13/h3-4,6-8,13,22H,5H2,1-2H3,(H,23,27). The summed E-state index contributed by atoms with van der Waals surface area (Å²) in [6.07, 6.45) is -3.69. The lowest BCUT2D eigenvalue weighted by atomic mass is 10.0. The minimum Gasteiger partial charge on any atom is -0.341 e. The van der Waals surface area contributed by atoms with Crippen LogP contribution < -0.4 is 10.6 Å². The van der Waals surface area contributed by atoms with Crippen molar-refractivity contribution in [3.05, 3.63) is 46.8 Å². The number of aromatic nitrogens is 3. The van der Waals surface area contributed by atoms with Gasteiger partial charge in [-0.05, 0) is 26.0 Å². The van der Waals surface area contributed by atoms with Crippen LogP contribution in [0, 0.1) is 11.6 Å². The summed E-state index contributed by atoms with van der Waals surface area (Å²) in [4.78, 5) is 11.6. The van der Waals surface area contributed by atoms with Crippen molar-refractivity contribution in [2.24, 2.45) is 0 Å². The van der Waals surface area contributed by atoms with Crippen molar-refractivity contribution in [2.45, 2.75) is 44.7 Å². The van der Waals surface area contributed by atoms with Crippen LogP contribution in [0.4, 0.5) is 22.0 Å². The van der Waals surface area contributed by atoms with Gasteiger partial charge < -0.3 is 5.32 Å². The number of amides is 1. The predicted octanol–water partition coefficient (Wildman–Crippen LogP) is 2.68. The van der Waals surface area contributed by atoms with Gasteiger partial charge in [0.15, 0.2) is 0 Å². The van der Waals surface area contributed by atoms with Crippen molar-refractivity contribution in [2.75, 3.05) is 0 Å². The number of benzene rings is 1. The van der Waals surface area contributed by atoms with E-state index in [0.29, 0.717) is 11.8 Å². The normalized spacial score (nSPS) is 21.8. The summed E-state index contributed by atoms with van der Waals surface area (Å²) < 4.78 is 67.2. The highest BCUT2D eigenvalue weighted by Crippen LogP contribution is 2.34. The van der Waals surface area contributed by atoms with Gasteiger partial charge in [0, 0.05) is 12.0 Å². The zero-order chi connectivity index (χ0) is 19.9. The molecule has 1 fully saturated rings. The molecule has 0 aliphatic carbocycles. The number of carbonyl (C=O) groups excluding carboxylic acids is 1. The van der Waals surface area contributed by atoms with E-state index in [9.17, 15) is 26.7 Å². The second-order valence-electron chi connectivity index (χ2n) is 6.36. The highest BCUT2D eigenvalue weighted by molar-refractivity contribution is 5.77. The summed E-state index contributed by atoms with van der Waals surface area (Å²) in [6, 6.07) is -0.673. The van der Waals surface area contributed by atoms with Crippen molar-refractivity contribution >= 4 is 5.91 Å². The summed E-state index contributed by atoms with van der Waals surface area (Å²) in [5.41, 5.74) is -1.54.